The number of hydrogen-bond acceptors (Lipinski definition) is 7. The largest absolute Gasteiger partial charge is 2.00 e. The Labute approximate surface area is 356 Å². The van der Waals surface area contributed by atoms with Gasteiger partial charge in [-0.2, -0.15) is 11.8 Å². The minimum Gasteiger partial charge on any atom is -0.657 e. The Balaban J connectivity index is 0.00000744. The second kappa shape index (κ2) is 19.7. The molecule has 5 heterocycles. The van der Waals surface area contributed by atoms with E-state index >= 15 is 0 Å². The number of thioether (sulfide) groups is 1. The number of carbonyl (C=O) groups is 3. The monoisotopic (exact) mass is 858 g/mol. The van der Waals surface area contributed by atoms with Crippen molar-refractivity contribution in [3.05, 3.63) is 75.4 Å². The van der Waals surface area contributed by atoms with Crippen molar-refractivity contribution < 1.29 is 46.4 Å². The summed E-state index contributed by atoms with van der Waals surface area (Å²) >= 11 is 1.76. The first-order chi connectivity index (χ1) is 27.0. The molecule has 0 aliphatic carbocycles. The molecule has 3 aromatic rings. The minimum atomic E-state index is -1.18. The maximum Gasteiger partial charge on any atom is 2.00 e. The maximum atomic E-state index is 13.9. The van der Waals surface area contributed by atoms with Crippen LogP contribution < -0.4 is 15.3 Å². The summed E-state index contributed by atoms with van der Waals surface area (Å²) < 4.78 is 5.75. The van der Waals surface area contributed by atoms with Crippen LogP contribution in [0.4, 0.5) is 0 Å². The summed E-state index contributed by atoms with van der Waals surface area (Å²) in [6.07, 6.45) is 3.51. The third kappa shape index (κ3) is 10.5. The van der Waals surface area contributed by atoms with Crippen LogP contribution in [0.3, 0.4) is 0 Å². The predicted octanol–water partition coefficient (Wildman–Crippen LogP) is 8.85. The van der Waals surface area contributed by atoms with E-state index in [1.165, 1.54) is 0 Å². The molecule has 2 aliphatic rings. The van der Waals surface area contributed by atoms with Gasteiger partial charge in [-0.15, -0.1) is 22.1 Å². The zero-order valence-corrected chi connectivity index (χ0v) is 36.9. The molecule has 0 unspecified atom stereocenters. The van der Waals surface area contributed by atoms with Crippen molar-refractivity contribution in [1.29, 1.82) is 0 Å². The number of fused-ring (bicyclic) bond motifs is 8. The van der Waals surface area contributed by atoms with Gasteiger partial charge in [-0.1, -0.05) is 69.7 Å². The Hall–Kier alpha value is -4.16. The zero-order valence-electron chi connectivity index (χ0n) is 35.1. The molecular weight excluding hydrogens is 802 g/mol. The molecule has 1 radical (unpaired) electrons. The fraction of sp³-hybridized carbons (Fsp3) is 0.489. The molecule has 0 aromatic carbocycles. The van der Waals surface area contributed by atoms with Gasteiger partial charge in [0.1, 0.15) is 0 Å². The van der Waals surface area contributed by atoms with Crippen molar-refractivity contribution in [2.45, 2.75) is 112 Å². The summed E-state index contributed by atoms with van der Waals surface area (Å²) in [5, 5.41) is 23.6. The van der Waals surface area contributed by atoms with E-state index in [-0.39, 0.29) is 70.8 Å². The number of allylic oxidation sites excluding steroid dienone is 2. The average molecular weight is 860 g/mol. The molecule has 11 nitrogen and oxygen atoms in total. The van der Waals surface area contributed by atoms with Crippen LogP contribution in [0.2, 0.25) is 0 Å². The van der Waals surface area contributed by atoms with E-state index in [1.807, 2.05) is 52.8 Å². The molecule has 1 amide bonds. The van der Waals surface area contributed by atoms with Crippen LogP contribution >= 0.6 is 11.8 Å². The van der Waals surface area contributed by atoms with Crippen LogP contribution in [0.25, 0.3) is 39.3 Å². The van der Waals surface area contributed by atoms with E-state index in [0.717, 1.165) is 45.7 Å². The molecule has 0 fully saturated rings. The molecule has 0 spiro atoms. The third-order valence-electron chi connectivity index (χ3n) is 11.1. The number of carboxylic acid groups (broad SMARTS) is 2. The molecule has 3 N–H and O–H groups in total. The fourth-order valence-corrected chi connectivity index (χ4v) is 8.78. The van der Waals surface area contributed by atoms with Gasteiger partial charge in [-0.25, -0.2) is 9.78 Å². The maximum absolute atomic E-state index is 13.9. The first-order valence-corrected chi connectivity index (χ1v) is 21.0. The number of aliphatic carboxylic acids is 1. The number of ether oxygens (including phenoxy) is 1. The van der Waals surface area contributed by atoms with Gasteiger partial charge >= 0.3 is 29.0 Å². The van der Waals surface area contributed by atoms with Gasteiger partial charge in [0, 0.05) is 54.1 Å². The number of carbonyl (C=O) groups excluding carboxylic acids is 1. The Morgan fingerprint density at radius 3 is 2.36 bits per heavy atom. The van der Waals surface area contributed by atoms with Gasteiger partial charge in [0.05, 0.1) is 23.9 Å². The first kappa shape index (κ1) is 46.5. The van der Waals surface area contributed by atoms with Crippen LogP contribution in [0.15, 0.2) is 24.8 Å². The second-order valence-corrected chi connectivity index (χ2v) is 17.3. The number of nitrogens with zero attached hydrogens (tertiary/aromatic N) is 4. The molecule has 2 atom stereocenters. The summed E-state index contributed by atoms with van der Waals surface area (Å²) in [5.74, 6) is -1.53. The number of hydrogen-bond donors (Lipinski definition) is 3. The van der Waals surface area contributed by atoms with Gasteiger partial charge in [-0.3, -0.25) is 14.6 Å². The number of rotatable bonds is 17. The molecule has 13 heteroatoms. The summed E-state index contributed by atoms with van der Waals surface area (Å²) in [6.45, 7) is 23.4. The van der Waals surface area contributed by atoms with Crippen molar-refractivity contribution >= 4 is 68.9 Å². The Morgan fingerprint density at radius 1 is 1.03 bits per heavy atom. The van der Waals surface area contributed by atoms with Crippen molar-refractivity contribution in [2.24, 2.45) is 5.41 Å². The number of carboxylic acids is 2. The predicted molar refractivity (Wildman–Crippen MR) is 230 cm³/mol. The van der Waals surface area contributed by atoms with Crippen molar-refractivity contribution in [3.63, 3.8) is 0 Å². The normalized spacial score (nSPS) is 15.4. The second-order valence-electron chi connectivity index (χ2n) is 16.2. The Bertz CT molecular complexity index is 2250. The van der Waals surface area contributed by atoms with Crippen LogP contribution in [-0.2, 0) is 37.8 Å². The van der Waals surface area contributed by atoms with Crippen LogP contribution in [0.5, 0.6) is 0 Å². The van der Waals surface area contributed by atoms with E-state index < -0.39 is 17.9 Å². The smallest absolute Gasteiger partial charge is 0.657 e. The minimum absolute atomic E-state index is 0. The standard InChI is InChI=1S/C45H59N5O6S.Cu/c1-11-29-25(5)33-20-35-27(7)31(13-14-40(52)53)42(49-35)32(19-39(51)46-16-18-57-23-45(9,10)15-17-56-24(3)4)43-41(44(54)55)28(8)36(50-43)22-38-30(12-2)26(6)34(48-38)21-37(29)47-33;/h11,20-22,24,27,31H,1,12-19,23H2,2-10H3,(H5,46,47,48,49,50,51,52,53,54,55);/q;+2/p-2/t27-,31-;/m0./s1. The van der Waals surface area contributed by atoms with E-state index in [2.05, 4.69) is 32.7 Å². The zero-order chi connectivity index (χ0) is 41.8. The molecule has 3 aromatic heterocycles. The molecule has 0 saturated carbocycles. The van der Waals surface area contributed by atoms with Gasteiger partial charge in [-0.05, 0) is 87.3 Å². The molecular formula is C45H57CuN5O6S. The number of nitrogens with one attached hydrogen (secondary N) is 1. The van der Waals surface area contributed by atoms with Crippen molar-refractivity contribution in [2.75, 3.05) is 24.7 Å². The number of aromatic nitrogens is 4. The average Bonchev–Trinajstić information content (AvgIpc) is 3.82. The summed E-state index contributed by atoms with van der Waals surface area (Å²) in [5.41, 5.74) is 9.26. The summed E-state index contributed by atoms with van der Waals surface area (Å²) in [6, 6.07) is 5.69. The van der Waals surface area contributed by atoms with Crippen LogP contribution in [0.1, 0.15) is 141 Å². The molecule has 58 heavy (non-hydrogen) atoms. The van der Waals surface area contributed by atoms with E-state index in [9.17, 15) is 24.6 Å². The quantitative estimate of drug-likeness (QED) is 0.0877. The number of amides is 1. The molecule has 8 bridgehead atoms. The number of aromatic carboxylic acids is 1. The van der Waals surface area contributed by atoms with E-state index in [1.54, 1.807) is 24.8 Å². The van der Waals surface area contributed by atoms with Gasteiger partial charge in [0.25, 0.3) is 0 Å². The summed E-state index contributed by atoms with van der Waals surface area (Å²) in [4.78, 5) is 59.1. The Morgan fingerprint density at radius 2 is 1.72 bits per heavy atom. The topological polar surface area (TPSA) is 167 Å². The Kier molecular flexibility index (Phi) is 15.8. The van der Waals surface area contributed by atoms with E-state index in [4.69, 9.17) is 24.7 Å². The molecule has 2 aliphatic heterocycles. The fourth-order valence-electron chi connectivity index (χ4n) is 7.69. The van der Waals surface area contributed by atoms with Crippen LogP contribution in [0, 0.1) is 19.3 Å². The van der Waals surface area contributed by atoms with Crippen molar-refractivity contribution in [1.82, 2.24) is 25.3 Å². The third-order valence-corrected chi connectivity index (χ3v) is 12.6. The van der Waals surface area contributed by atoms with E-state index in [0.29, 0.717) is 64.6 Å². The molecule has 315 valence electrons. The molecule has 0 saturated heterocycles. The van der Waals surface area contributed by atoms with Gasteiger partial charge in [0.2, 0.25) is 5.91 Å². The van der Waals surface area contributed by atoms with Crippen molar-refractivity contribution in [3.8, 4) is 0 Å². The molecule has 5 rings (SSSR count). The summed E-state index contributed by atoms with van der Waals surface area (Å²) in [7, 11) is 0. The van der Waals surface area contributed by atoms with Gasteiger partial charge in [0.15, 0.2) is 0 Å². The van der Waals surface area contributed by atoms with Gasteiger partial charge < -0.3 is 30.2 Å². The first-order valence-electron chi connectivity index (χ1n) is 19.9. The van der Waals surface area contributed by atoms with Crippen LogP contribution in [-0.4, -0.2) is 68.8 Å². The number of aryl methyl sites for hydroxylation is 2. The SMILES string of the molecule is C=Cc1c(C)c2cc3nc(c(CC(=O)NCCSCC(C)(C)CCOC(C)C)c4[n-]c(cc5nc(cc1[n-]2)C(C)=C5CC)c(C)c4C(=O)O)[C@@H](CCC(=O)O)[C@@H]3C.[Cu+2].